The molecule has 19 heavy (non-hydrogen) atoms. The number of amides is 1. The highest BCUT2D eigenvalue weighted by Crippen LogP contribution is 2.29. The van der Waals surface area contributed by atoms with Crippen LogP contribution in [-0.2, 0) is 4.79 Å². The summed E-state index contributed by atoms with van der Waals surface area (Å²) in [6, 6.07) is 0. The van der Waals surface area contributed by atoms with Crippen molar-refractivity contribution in [2.24, 2.45) is 5.92 Å². The molecule has 1 N–H and O–H groups in total. The maximum Gasteiger partial charge on any atom is 0.236 e. The van der Waals surface area contributed by atoms with Crippen molar-refractivity contribution in [1.29, 1.82) is 0 Å². The van der Waals surface area contributed by atoms with Crippen molar-refractivity contribution >= 4 is 5.91 Å². The Morgan fingerprint density at radius 1 is 1.32 bits per heavy atom. The van der Waals surface area contributed by atoms with Gasteiger partial charge in [-0.2, -0.15) is 0 Å². The fourth-order valence-electron chi connectivity index (χ4n) is 3.34. The predicted octanol–water partition coefficient (Wildman–Crippen LogP) is 1.48. The molecule has 1 saturated heterocycles. The zero-order valence-electron chi connectivity index (χ0n) is 12.4. The molecular formula is C15H28N2O2. The van der Waals surface area contributed by atoms with E-state index in [9.17, 15) is 9.90 Å². The lowest BCUT2D eigenvalue weighted by molar-refractivity contribution is -0.134. The summed E-state index contributed by atoms with van der Waals surface area (Å²) < 4.78 is 0. The molecule has 1 amide bonds. The Morgan fingerprint density at radius 3 is 2.47 bits per heavy atom. The SMILES string of the molecule is CC1CCN(C(=O)CN(C)CC2(O)CCCC2)CC1. The molecule has 0 atom stereocenters. The summed E-state index contributed by atoms with van der Waals surface area (Å²) in [4.78, 5) is 16.2. The van der Waals surface area contributed by atoms with E-state index in [0.29, 0.717) is 13.1 Å². The second kappa shape index (κ2) is 6.23. The van der Waals surface area contributed by atoms with Gasteiger partial charge in [-0.15, -0.1) is 0 Å². The molecule has 0 bridgehead atoms. The van der Waals surface area contributed by atoms with Gasteiger partial charge in [0.2, 0.25) is 5.91 Å². The zero-order valence-corrected chi connectivity index (χ0v) is 12.4. The maximum atomic E-state index is 12.2. The molecule has 0 aromatic heterocycles. The highest BCUT2D eigenvalue weighted by molar-refractivity contribution is 5.78. The van der Waals surface area contributed by atoms with Crippen molar-refractivity contribution < 1.29 is 9.90 Å². The van der Waals surface area contributed by atoms with E-state index in [2.05, 4.69) is 6.92 Å². The van der Waals surface area contributed by atoms with Crippen LogP contribution in [0.2, 0.25) is 0 Å². The largest absolute Gasteiger partial charge is 0.389 e. The maximum absolute atomic E-state index is 12.2. The number of likely N-dealkylation sites (N-methyl/N-ethyl adjacent to an activating group) is 1. The molecule has 4 heteroatoms. The molecule has 2 rings (SSSR count). The second-order valence-corrected chi connectivity index (χ2v) is 6.67. The fraction of sp³-hybridized carbons (Fsp3) is 0.933. The lowest BCUT2D eigenvalue weighted by Crippen LogP contribution is -2.46. The minimum absolute atomic E-state index is 0.219. The number of hydrogen-bond acceptors (Lipinski definition) is 3. The van der Waals surface area contributed by atoms with Gasteiger partial charge in [0.15, 0.2) is 0 Å². The normalized spacial score (nSPS) is 24.1. The van der Waals surface area contributed by atoms with Crippen molar-refractivity contribution in [2.75, 3.05) is 33.2 Å². The van der Waals surface area contributed by atoms with Gasteiger partial charge in [-0.3, -0.25) is 9.69 Å². The Kier molecular flexibility index (Phi) is 4.85. The molecule has 1 heterocycles. The van der Waals surface area contributed by atoms with Crippen LogP contribution >= 0.6 is 0 Å². The van der Waals surface area contributed by atoms with Gasteiger partial charge >= 0.3 is 0 Å². The van der Waals surface area contributed by atoms with E-state index in [-0.39, 0.29) is 5.91 Å². The first kappa shape index (κ1) is 14.8. The summed E-state index contributed by atoms with van der Waals surface area (Å²) in [7, 11) is 1.95. The number of carbonyl (C=O) groups is 1. The second-order valence-electron chi connectivity index (χ2n) is 6.67. The van der Waals surface area contributed by atoms with Gasteiger partial charge in [0.05, 0.1) is 12.1 Å². The Morgan fingerprint density at radius 2 is 1.89 bits per heavy atom. The summed E-state index contributed by atoms with van der Waals surface area (Å²) in [5, 5.41) is 10.4. The number of carbonyl (C=O) groups excluding carboxylic acids is 1. The van der Waals surface area contributed by atoms with Gasteiger partial charge < -0.3 is 10.0 Å². The fourth-order valence-corrected chi connectivity index (χ4v) is 3.34. The lowest BCUT2D eigenvalue weighted by Gasteiger charge is -2.33. The molecule has 2 aliphatic rings. The van der Waals surface area contributed by atoms with E-state index >= 15 is 0 Å². The quantitative estimate of drug-likeness (QED) is 0.840. The van der Waals surface area contributed by atoms with Crippen LogP contribution in [0.25, 0.3) is 0 Å². The van der Waals surface area contributed by atoms with Gasteiger partial charge in [-0.25, -0.2) is 0 Å². The molecule has 1 aliphatic heterocycles. The van der Waals surface area contributed by atoms with Crippen LogP contribution in [0.15, 0.2) is 0 Å². The van der Waals surface area contributed by atoms with E-state index in [1.807, 2.05) is 16.8 Å². The number of rotatable bonds is 4. The third-order valence-corrected chi connectivity index (χ3v) is 4.64. The minimum atomic E-state index is -0.550. The Bertz CT molecular complexity index is 305. The molecule has 0 radical (unpaired) electrons. The lowest BCUT2D eigenvalue weighted by atomic mass is 9.99. The number of piperidine rings is 1. The first-order valence-electron chi connectivity index (χ1n) is 7.67. The van der Waals surface area contributed by atoms with Crippen LogP contribution in [0.5, 0.6) is 0 Å². The van der Waals surface area contributed by atoms with Crippen molar-refractivity contribution in [1.82, 2.24) is 9.80 Å². The zero-order chi connectivity index (χ0) is 13.9. The molecule has 4 nitrogen and oxygen atoms in total. The van der Waals surface area contributed by atoms with Crippen molar-refractivity contribution in [3.63, 3.8) is 0 Å². The first-order valence-corrected chi connectivity index (χ1v) is 7.67. The van der Waals surface area contributed by atoms with Crippen LogP contribution in [0.1, 0.15) is 45.4 Å². The molecule has 110 valence electrons. The van der Waals surface area contributed by atoms with Gasteiger partial charge in [0.1, 0.15) is 0 Å². The molecule has 2 fully saturated rings. The molecule has 0 spiro atoms. The van der Waals surface area contributed by atoms with E-state index in [1.54, 1.807) is 0 Å². The summed E-state index contributed by atoms with van der Waals surface area (Å²) in [6.45, 7) is 5.12. The first-order chi connectivity index (χ1) is 8.98. The monoisotopic (exact) mass is 268 g/mol. The molecule has 1 saturated carbocycles. The molecular weight excluding hydrogens is 240 g/mol. The summed E-state index contributed by atoms with van der Waals surface area (Å²) in [5.41, 5.74) is -0.550. The topological polar surface area (TPSA) is 43.8 Å². The highest BCUT2D eigenvalue weighted by atomic mass is 16.3. The van der Waals surface area contributed by atoms with Gasteiger partial charge in [0.25, 0.3) is 0 Å². The van der Waals surface area contributed by atoms with Gasteiger partial charge in [0, 0.05) is 19.6 Å². The van der Waals surface area contributed by atoms with Crippen LogP contribution in [-0.4, -0.2) is 59.6 Å². The molecule has 0 aromatic carbocycles. The van der Waals surface area contributed by atoms with Gasteiger partial charge in [-0.1, -0.05) is 19.8 Å². The Labute approximate surface area is 116 Å². The molecule has 0 unspecified atom stereocenters. The summed E-state index contributed by atoms with van der Waals surface area (Å²) >= 11 is 0. The van der Waals surface area contributed by atoms with Crippen LogP contribution in [0, 0.1) is 5.92 Å². The average Bonchev–Trinajstić information content (AvgIpc) is 2.76. The number of aliphatic hydroxyl groups is 1. The van der Waals surface area contributed by atoms with Crippen LogP contribution in [0.4, 0.5) is 0 Å². The van der Waals surface area contributed by atoms with Crippen molar-refractivity contribution in [3.05, 3.63) is 0 Å². The third kappa shape index (κ3) is 4.18. The van der Waals surface area contributed by atoms with Crippen molar-refractivity contribution in [3.8, 4) is 0 Å². The van der Waals surface area contributed by atoms with E-state index in [1.165, 1.54) is 0 Å². The van der Waals surface area contributed by atoms with E-state index in [4.69, 9.17) is 0 Å². The van der Waals surface area contributed by atoms with Crippen LogP contribution in [0.3, 0.4) is 0 Å². The minimum Gasteiger partial charge on any atom is -0.389 e. The smallest absolute Gasteiger partial charge is 0.236 e. The summed E-state index contributed by atoms with van der Waals surface area (Å²) in [5.74, 6) is 0.969. The van der Waals surface area contributed by atoms with E-state index in [0.717, 1.165) is 57.5 Å². The molecule has 1 aliphatic carbocycles. The predicted molar refractivity (Wildman–Crippen MR) is 75.9 cm³/mol. The Balaban J connectivity index is 1.75. The number of likely N-dealkylation sites (tertiary alicyclic amines) is 1. The van der Waals surface area contributed by atoms with E-state index < -0.39 is 5.60 Å². The number of nitrogens with zero attached hydrogens (tertiary/aromatic N) is 2. The third-order valence-electron chi connectivity index (χ3n) is 4.64. The standard InChI is InChI=1S/C15H28N2O2/c1-13-5-9-17(10-6-13)14(18)11-16(2)12-15(19)7-3-4-8-15/h13,19H,3-12H2,1-2H3. The van der Waals surface area contributed by atoms with Gasteiger partial charge in [-0.05, 0) is 38.6 Å². The van der Waals surface area contributed by atoms with Crippen molar-refractivity contribution in [2.45, 2.75) is 51.0 Å². The van der Waals surface area contributed by atoms with Crippen LogP contribution < -0.4 is 0 Å². The summed E-state index contributed by atoms with van der Waals surface area (Å²) in [6.07, 6.45) is 6.24. The highest BCUT2D eigenvalue weighted by Gasteiger charge is 2.33. The molecule has 0 aromatic rings. The average molecular weight is 268 g/mol. The Hall–Kier alpha value is -0.610. The number of hydrogen-bond donors (Lipinski definition) is 1.